The van der Waals surface area contributed by atoms with Crippen molar-refractivity contribution in [1.29, 1.82) is 0 Å². The molecule has 0 aromatic rings. The molecule has 3 nitrogen and oxygen atoms in total. The van der Waals surface area contributed by atoms with Crippen LogP contribution in [-0.4, -0.2) is 58.1 Å². The summed E-state index contributed by atoms with van der Waals surface area (Å²) in [4.78, 5) is 0. The van der Waals surface area contributed by atoms with Gasteiger partial charge in [0.1, 0.15) is 12.6 Å². The van der Waals surface area contributed by atoms with Crippen LogP contribution in [0.5, 0.6) is 0 Å². The third kappa shape index (κ3) is 32.0. The number of hydrogen-bond donors (Lipinski definition) is 0. The SMILES string of the molecule is CCCCCCCCCCCCCCOC[C@H](C[N+](C)(C)C)OCCCCCCCCCCCCCC. The Kier molecular flexibility index (Phi) is 28.8. The van der Waals surface area contributed by atoms with Crippen molar-refractivity contribution >= 4 is 0 Å². The fourth-order valence-electron chi connectivity index (χ4n) is 5.22. The molecule has 0 aliphatic heterocycles. The van der Waals surface area contributed by atoms with Crippen LogP contribution >= 0.6 is 0 Å². The quantitative estimate of drug-likeness (QED) is 0.0660. The van der Waals surface area contributed by atoms with Gasteiger partial charge in [0.15, 0.2) is 0 Å². The van der Waals surface area contributed by atoms with E-state index in [1.807, 2.05) is 0 Å². The summed E-state index contributed by atoms with van der Waals surface area (Å²) in [6.45, 7) is 8.16. The van der Waals surface area contributed by atoms with Gasteiger partial charge in [-0.1, -0.05) is 155 Å². The zero-order valence-corrected chi connectivity index (χ0v) is 26.6. The van der Waals surface area contributed by atoms with Gasteiger partial charge in [-0.05, 0) is 12.8 Å². The highest BCUT2D eigenvalue weighted by molar-refractivity contribution is 4.57. The maximum atomic E-state index is 6.28. The Morgan fingerprint density at radius 2 is 0.757 bits per heavy atom. The average Bonchev–Trinajstić information content (AvgIpc) is 2.86. The molecule has 0 saturated heterocycles. The third-order valence-electron chi connectivity index (χ3n) is 7.55. The normalized spacial score (nSPS) is 12.9. The molecule has 0 aliphatic carbocycles. The monoisotopic (exact) mass is 527 g/mol. The molecule has 0 heterocycles. The van der Waals surface area contributed by atoms with Gasteiger partial charge < -0.3 is 14.0 Å². The zero-order valence-electron chi connectivity index (χ0n) is 26.6. The predicted molar refractivity (Wildman–Crippen MR) is 166 cm³/mol. The fourth-order valence-corrected chi connectivity index (χ4v) is 5.22. The highest BCUT2D eigenvalue weighted by Crippen LogP contribution is 2.14. The van der Waals surface area contributed by atoms with E-state index in [1.165, 1.54) is 154 Å². The molecule has 0 spiro atoms. The molecule has 3 heteroatoms. The maximum absolute atomic E-state index is 6.28. The second kappa shape index (κ2) is 28.9. The number of nitrogens with zero attached hydrogens (tertiary/aromatic N) is 1. The molecule has 224 valence electrons. The van der Waals surface area contributed by atoms with E-state index in [1.54, 1.807) is 0 Å². The lowest BCUT2D eigenvalue weighted by Crippen LogP contribution is -2.44. The largest absolute Gasteiger partial charge is 0.379 e. The lowest BCUT2D eigenvalue weighted by Gasteiger charge is -2.29. The van der Waals surface area contributed by atoms with Crippen molar-refractivity contribution in [3.05, 3.63) is 0 Å². The minimum Gasteiger partial charge on any atom is -0.379 e. The number of quaternary nitrogens is 1. The topological polar surface area (TPSA) is 18.5 Å². The Morgan fingerprint density at radius 1 is 0.432 bits per heavy atom. The molecular formula is C34H72NO2+. The minimum atomic E-state index is 0.227. The molecule has 0 aromatic heterocycles. The van der Waals surface area contributed by atoms with Gasteiger partial charge in [-0.25, -0.2) is 0 Å². The zero-order chi connectivity index (χ0) is 27.3. The summed E-state index contributed by atoms with van der Waals surface area (Å²) in [5.74, 6) is 0. The first-order valence-electron chi connectivity index (χ1n) is 17.0. The van der Waals surface area contributed by atoms with Gasteiger partial charge in [0, 0.05) is 13.2 Å². The van der Waals surface area contributed by atoms with Crippen molar-refractivity contribution in [2.75, 3.05) is 47.5 Å². The van der Waals surface area contributed by atoms with Crippen LogP contribution in [0.2, 0.25) is 0 Å². The van der Waals surface area contributed by atoms with Crippen LogP contribution < -0.4 is 0 Å². The standard InChI is InChI=1S/C34H72NO2/c1-6-8-10-12-14-16-18-20-22-24-26-28-30-36-33-34(32-35(3,4)5)37-31-29-27-25-23-21-19-17-15-13-11-9-7-2/h34H,6-33H2,1-5H3/q+1/t34-/m0/s1. The summed E-state index contributed by atoms with van der Waals surface area (Å²) in [7, 11) is 6.77. The van der Waals surface area contributed by atoms with Gasteiger partial charge in [0.25, 0.3) is 0 Å². The summed E-state index contributed by atoms with van der Waals surface area (Å²) in [6, 6.07) is 0. The van der Waals surface area contributed by atoms with E-state index in [9.17, 15) is 0 Å². The Hall–Kier alpha value is -0.120. The summed E-state index contributed by atoms with van der Waals surface area (Å²) >= 11 is 0. The molecule has 0 radical (unpaired) electrons. The van der Waals surface area contributed by atoms with Crippen molar-refractivity contribution in [2.45, 2.75) is 174 Å². The number of hydrogen-bond acceptors (Lipinski definition) is 2. The summed E-state index contributed by atoms with van der Waals surface area (Å²) in [5.41, 5.74) is 0. The first-order valence-corrected chi connectivity index (χ1v) is 17.0. The molecule has 0 bridgehead atoms. The molecule has 0 amide bonds. The number of ether oxygens (including phenoxy) is 2. The molecule has 0 rings (SSSR count). The first kappa shape index (κ1) is 36.9. The van der Waals surface area contributed by atoms with E-state index in [0.29, 0.717) is 0 Å². The average molecular weight is 527 g/mol. The molecule has 37 heavy (non-hydrogen) atoms. The summed E-state index contributed by atoms with van der Waals surface area (Å²) in [5, 5.41) is 0. The lowest BCUT2D eigenvalue weighted by molar-refractivity contribution is -0.873. The van der Waals surface area contributed by atoms with Gasteiger partial charge in [0.2, 0.25) is 0 Å². The molecular weight excluding hydrogens is 454 g/mol. The van der Waals surface area contributed by atoms with Gasteiger partial charge in [-0.3, -0.25) is 0 Å². The highest BCUT2D eigenvalue weighted by atomic mass is 16.5. The number of likely N-dealkylation sites (N-methyl/N-ethyl adjacent to an activating group) is 1. The maximum Gasteiger partial charge on any atom is 0.130 e. The fraction of sp³-hybridized carbons (Fsp3) is 1.00. The Bertz CT molecular complexity index is 421. The smallest absolute Gasteiger partial charge is 0.130 e. The Labute approximate surface area is 235 Å². The van der Waals surface area contributed by atoms with E-state index < -0.39 is 0 Å². The Morgan fingerprint density at radius 3 is 1.11 bits per heavy atom. The van der Waals surface area contributed by atoms with Crippen LogP contribution in [0, 0.1) is 0 Å². The van der Waals surface area contributed by atoms with Crippen molar-refractivity contribution < 1.29 is 14.0 Å². The van der Waals surface area contributed by atoms with Crippen molar-refractivity contribution in [3.63, 3.8) is 0 Å². The van der Waals surface area contributed by atoms with Gasteiger partial charge >= 0.3 is 0 Å². The lowest BCUT2D eigenvalue weighted by atomic mass is 10.1. The second-order valence-corrected chi connectivity index (χ2v) is 12.8. The number of rotatable bonds is 31. The van der Waals surface area contributed by atoms with Crippen LogP contribution in [0.25, 0.3) is 0 Å². The molecule has 0 unspecified atom stereocenters. The molecule has 1 atom stereocenters. The Balaban J connectivity index is 3.61. The van der Waals surface area contributed by atoms with Crippen LogP contribution in [0.4, 0.5) is 0 Å². The van der Waals surface area contributed by atoms with E-state index in [4.69, 9.17) is 9.47 Å². The molecule has 0 aliphatic rings. The first-order chi connectivity index (χ1) is 18.0. The van der Waals surface area contributed by atoms with Gasteiger partial charge in [0.05, 0.1) is 27.7 Å². The van der Waals surface area contributed by atoms with E-state index >= 15 is 0 Å². The molecule has 0 fully saturated rings. The van der Waals surface area contributed by atoms with Crippen molar-refractivity contribution in [3.8, 4) is 0 Å². The highest BCUT2D eigenvalue weighted by Gasteiger charge is 2.19. The van der Waals surface area contributed by atoms with E-state index in [0.717, 1.165) is 30.8 Å². The summed E-state index contributed by atoms with van der Waals surface area (Å²) < 4.78 is 13.3. The molecule has 0 aromatic carbocycles. The summed E-state index contributed by atoms with van der Waals surface area (Å²) in [6.07, 6.45) is 33.6. The second-order valence-electron chi connectivity index (χ2n) is 12.8. The van der Waals surface area contributed by atoms with Crippen LogP contribution in [0.15, 0.2) is 0 Å². The van der Waals surface area contributed by atoms with E-state index in [2.05, 4.69) is 35.0 Å². The number of unbranched alkanes of at least 4 members (excludes halogenated alkanes) is 22. The third-order valence-corrected chi connectivity index (χ3v) is 7.55. The van der Waals surface area contributed by atoms with Gasteiger partial charge in [-0.15, -0.1) is 0 Å². The van der Waals surface area contributed by atoms with Crippen LogP contribution in [0.3, 0.4) is 0 Å². The van der Waals surface area contributed by atoms with Gasteiger partial charge in [-0.2, -0.15) is 0 Å². The molecule has 0 N–H and O–H groups in total. The van der Waals surface area contributed by atoms with Crippen molar-refractivity contribution in [2.24, 2.45) is 0 Å². The minimum absolute atomic E-state index is 0.227. The predicted octanol–water partition coefficient (Wildman–Crippen LogP) is 10.5. The molecule has 0 saturated carbocycles. The van der Waals surface area contributed by atoms with E-state index in [-0.39, 0.29) is 6.10 Å². The van der Waals surface area contributed by atoms with Crippen LogP contribution in [0.1, 0.15) is 168 Å². The van der Waals surface area contributed by atoms with Crippen molar-refractivity contribution in [1.82, 2.24) is 0 Å². The van der Waals surface area contributed by atoms with Crippen LogP contribution in [-0.2, 0) is 9.47 Å².